The van der Waals surface area contributed by atoms with Crippen molar-refractivity contribution in [2.45, 2.75) is 32.5 Å². The molecule has 1 fully saturated rings. The minimum Gasteiger partial charge on any atom is -0.408 e. The van der Waals surface area contributed by atoms with Gasteiger partial charge in [0.1, 0.15) is 0 Å². The predicted molar refractivity (Wildman–Crippen MR) is 72.6 cm³/mol. The number of rotatable bonds is 1. The first-order chi connectivity index (χ1) is 8.88. The molecule has 0 radical (unpaired) electrons. The van der Waals surface area contributed by atoms with E-state index in [1.54, 1.807) is 13.1 Å². The van der Waals surface area contributed by atoms with Crippen LogP contribution in [0.3, 0.4) is 0 Å². The van der Waals surface area contributed by atoms with Crippen LogP contribution in [0, 0.1) is 0 Å². The normalized spacial score (nSPS) is 22.3. The van der Waals surface area contributed by atoms with Gasteiger partial charge >= 0.3 is 12.9 Å². The molecule has 3 rings (SSSR count). The van der Waals surface area contributed by atoms with Crippen LogP contribution in [-0.4, -0.2) is 23.4 Å². The van der Waals surface area contributed by atoms with Crippen molar-refractivity contribution in [3.63, 3.8) is 0 Å². The molecule has 19 heavy (non-hydrogen) atoms. The first-order valence-electron chi connectivity index (χ1n) is 6.31. The molecule has 0 saturated carbocycles. The lowest BCUT2D eigenvalue weighted by atomic mass is 9.79. The summed E-state index contributed by atoms with van der Waals surface area (Å²) in [6.07, 6.45) is 0.0152. The Morgan fingerprint density at radius 3 is 2.74 bits per heavy atom. The van der Waals surface area contributed by atoms with Crippen molar-refractivity contribution < 1.29 is 13.7 Å². The maximum Gasteiger partial charge on any atom is 0.494 e. The van der Waals surface area contributed by atoms with Gasteiger partial charge in [0, 0.05) is 7.05 Å². The third kappa shape index (κ3) is 1.91. The number of oxazole rings is 1. The molecule has 0 amide bonds. The number of aryl methyl sites for hydroxylation is 1. The average molecular weight is 261 g/mol. The molecule has 1 aromatic carbocycles. The fraction of sp³-hybridized carbons (Fsp3) is 0.462. The third-order valence-corrected chi connectivity index (χ3v) is 3.81. The van der Waals surface area contributed by atoms with Gasteiger partial charge in [0.2, 0.25) is 0 Å². The van der Waals surface area contributed by atoms with Gasteiger partial charge in [0.15, 0.2) is 5.58 Å². The van der Waals surface area contributed by atoms with Crippen LogP contribution in [0.15, 0.2) is 27.4 Å². The van der Waals surface area contributed by atoms with E-state index in [4.69, 9.17) is 13.7 Å². The van der Waals surface area contributed by atoms with Gasteiger partial charge in [0.05, 0.1) is 17.2 Å². The summed E-state index contributed by atoms with van der Waals surface area (Å²) in [6, 6.07) is 5.51. The summed E-state index contributed by atoms with van der Waals surface area (Å²) in [7, 11) is 1.28. The molecule has 1 aliphatic rings. The SMILES string of the molecule is CC1OB(c2ccc3oc(=O)n(C)c3c2)OC1(C)C. The fourth-order valence-corrected chi connectivity index (χ4v) is 2.19. The molecule has 6 heteroatoms. The second-order valence-electron chi connectivity index (χ2n) is 5.49. The largest absolute Gasteiger partial charge is 0.494 e. The molecule has 0 bridgehead atoms. The first kappa shape index (κ1) is 12.5. The maximum absolute atomic E-state index is 11.5. The van der Waals surface area contributed by atoms with Gasteiger partial charge in [-0.3, -0.25) is 4.57 Å². The summed E-state index contributed by atoms with van der Waals surface area (Å²) in [5.41, 5.74) is 1.89. The van der Waals surface area contributed by atoms with E-state index >= 15 is 0 Å². The molecule has 0 N–H and O–H groups in total. The minimum absolute atomic E-state index is 0.0152. The van der Waals surface area contributed by atoms with E-state index < -0.39 is 7.12 Å². The van der Waals surface area contributed by atoms with Gasteiger partial charge in [0.25, 0.3) is 0 Å². The van der Waals surface area contributed by atoms with E-state index in [0.717, 1.165) is 11.0 Å². The van der Waals surface area contributed by atoms with Crippen molar-refractivity contribution >= 4 is 23.7 Å². The second-order valence-corrected chi connectivity index (χ2v) is 5.49. The Morgan fingerprint density at radius 1 is 1.37 bits per heavy atom. The Labute approximate surface area is 111 Å². The van der Waals surface area contributed by atoms with E-state index in [0.29, 0.717) is 5.58 Å². The molecular weight excluding hydrogens is 245 g/mol. The Morgan fingerprint density at radius 2 is 2.11 bits per heavy atom. The number of benzene rings is 1. The van der Waals surface area contributed by atoms with Crippen LogP contribution in [0.5, 0.6) is 0 Å². The fourth-order valence-electron chi connectivity index (χ4n) is 2.19. The zero-order valence-corrected chi connectivity index (χ0v) is 11.5. The highest BCUT2D eigenvalue weighted by Gasteiger charge is 2.43. The topological polar surface area (TPSA) is 53.6 Å². The van der Waals surface area contributed by atoms with Crippen molar-refractivity contribution in [2.24, 2.45) is 7.05 Å². The average Bonchev–Trinajstić information content (AvgIpc) is 2.78. The minimum atomic E-state index is -0.403. The Balaban J connectivity index is 2.03. The molecule has 2 aromatic rings. The number of hydrogen-bond donors (Lipinski definition) is 0. The molecule has 0 aliphatic carbocycles. The van der Waals surface area contributed by atoms with Crippen LogP contribution in [0.2, 0.25) is 0 Å². The van der Waals surface area contributed by atoms with E-state index in [-0.39, 0.29) is 17.5 Å². The number of hydrogen-bond acceptors (Lipinski definition) is 4. The zero-order valence-electron chi connectivity index (χ0n) is 11.5. The molecule has 1 saturated heterocycles. The summed E-state index contributed by atoms with van der Waals surface area (Å²) in [5.74, 6) is -0.367. The Hall–Kier alpha value is -1.53. The highest BCUT2D eigenvalue weighted by molar-refractivity contribution is 6.62. The summed E-state index contributed by atoms with van der Waals surface area (Å²) in [6.45, 7) is 6.00. The first-order valence-corrected chi connectivity index (χ1v) is 6.31. The van der Waals surface area contributed by atoms with Gasteiger partial charge in [-0.25, -0.2) is 4.79 Å². The molecule has 1 atom stereocenters. The van der Waals surface area contributed by atoms with Gasteiger partial charge < -0.3 is 13.7 Å². The standard InChI is InChI=1S/C13H16BNO4/c1-8-13(2,3)19-14(18-8)9-5-6-11-10(7-9)15(4)12(16)17-11/h5-8H,1-4H3. The molecule has 1 aliphatic heterocycles. The maximum atomic E-state index is 11.5. The molecule has 1 aromatic heterocycles. The monoisotopic (exact) mass is 261 g/mol. The summed E-state index contributed by atoms with van der Waals surface area (Å²) in [4.78, 5) is 11.5. The second kappa shape index (κ2) is 3.98. The summed E-state index contributed by atoms with van der Waals surface area (Å²) in [5, 5.41) is 0. The van der Waals surface area contributed by atoms with Gasteiger partial charge in [-0.05, 0) is 38.4 Å². The van der Waals surface area contributed by atoms with E-state index in [1.807, 2.05) is 32.9 Å². The Kier molecular flexibility index (Phi) is 2.62. The van der Waals surface area contributed by atoms with E-state index in [2.05, 4.69) is 0 Å². The molecule has 5 nitrogen and oxygen atoms in total. The van der Waals surface area contributed by atoms with Crippen molar-refractivity contribution in [2.75, 3.05) is 0 Å². The molecule has 0 spiro atoms. The van der Waals surface area contributed by atoms with Crippen molar-refractivity contribution in [3.05, 3.63) is 28.7 Å². The molecule has 100 valence electrons. The number of nitrogens with zero attached hydrogens (tertiary/aromatic N) is 1. The highest BCUT2D eigenvalue weighted by atomic mass is 16.7. The van der Waals surface area contributed by atoms with E-state index in [1.165, 1.54) is 4.57 Å². The van der Waals surface area contributed by atoms with Crippen LogP contribution < -0.4 is 11.2 Å². The smallest absolute Gasteiger partial charge is 0.408 e. The van der Waals surface area contributed by atoms with Gasteiger partial charge in [-0.15, -0.1) is 0 Å². The van der Waals surface area contributed by atoms with Crippen LogP contribution >= 0.6 is 0 Å². The number of aromatic nitrogens is 1. The summed E-state index contributed by atoms with van der Waals surface area (Å²) < 4.78 is 18.3. The Bertz CT molecular complexity index is 687. The molecule has 2 heterocycles. The zero-order chi connectivity index (χ0) is 13.8. The van der Waals surface area contributed by atoms with Crippen molar-refractivity contribution in [3.8, 4) is 0 Å². The van der Waals surface area contributed by atoms with Crippen LogP contribution in [0.1, 0.15) is 20.8 Å². The molecule has 1 unspecified atom stereocenters. The lowest BCUT2D eigenvalue weighted by molar-refractivity contribution is 0.0842. The van der Waals surface area contributed by atoms with Crippen LogP contribution in [0.4, 0.5) is 0 Å². The molecular formula is C13H16BNO4. The van der Waals surface area contributed by atoms with Crippen molar-refractivity contribution in [1.29, 1.82) is 0 Å². The van der Waals surface area contributed by atoms with Crippen molar-refractivity contribution in [1.82, 2.24) is 4.57 Å². The quantitative estimate of drug-likeness (QED) is 0.720. The van der Waals surface area contributed by atoms with Crippen LogP contribution in [-0.2, 0) is 16.4 Å². The highest BCUT2D eigenvalue weighted by Crippen LogP contribution is 2.27. The van der Waals surface area contributed by atoms with Gasteiger partial charge in [-0.1, -0.05) is 6.07 Å². The lowest BCUT2D eigenvalue weighted by Crippen LogP contribution is -2.34. The van der Waals surface area contributed by atoms with Crippen LogP contribution in [0.25, 0.3) is 11.1 Å². The summed E-state index contributed by atoms with van der Waals surface area (Å²) >= 11 is 0. The third-order valence-electron chi connectivity index (χ3n) is 3.81. The number of fused-ring (bicyclic) bond motifs is 1. The van der Waals surface area contributed by atoms with E-state index in [9.17, 15) is 4.79 Å². The van der Waals surface area contributed by atoms with Gasteiger partial charge in [-0.2, -0.15) is 0 Å². The predicted octanol–water partition coefficient (Wildman–Crippen LogP) is 1.04. The lowest BCUT2D eigenvalue weighted by Gasteiger charge is -2.21.